The summed E-state index contributed by atoms with van der Waals surface area (Å²) in [6.45, 7) is 0. The van der Waals surface area contributed by atoms with Gasteiger partial charge in [-0.2, -0.15) is 0 Å². The standard InChI is InChI=1S/C16H11N3O/c20-16-15-14(11-6-2-1-3-7-11)17-10-19(15)13-9-5-4-8-12(13)18-16/h1-10H,(H,18,20). The van der Waals surface area contributed by atoms with Gasteiger partial charge in [-0.25, -0.2) is 4.98 Å². The number of nitrogens with one attached hydrogen (secondary N) is 1. The number of nitrogens with zero attached hydrogens (tertiary/aromatic N) is 2. The summed E-state index contributed by atoms with van der Waals surface area (Å²) in [5.74, 6) is 0. The van der Waals surface area contributed by atoms with E-state index in [4.69, 9.17) is 0 Å². The number of para-hydroxylation sites is 2. The summed E-state index contributed by atoms with van der Waals surface area (Å²) in [4.78, 5) is 19.7. The summed E-state index contributed by atoms with van der Waals surface area (Å²) in [6, 6.07) is 17.4. The molecule has 0 aliphatic rings. The second kappa shape index (κ2) is 4.06. The molecule has 4 aromatic rings. The molecule has 2 heterocycles. The van der Waals surface area contributed by atoms with E-state index in [-0.39, 0.29) is 5.56 Å². The number of aromatic nitrogens is 3. The molecule has 0 radical (unpaired) electrons. The highest BCUT2D eigenvalue weighted by atomic mass is 16.1. The van der Waals surface area contributed by atoms with E-state index in [2.05, 4.69) is 9.97 Å². The molecule has 0 aliphatic heterocycles. The molecule has 0 aliphatic carbocycles. The van der Waals surface area contributed by atoms with Gasteiger partial charge in [-0.3, -0.25) is 9.20 Å². The minimum absolute atomic E-state index is 0.125. The summed E-state index contributed by atoms with van der Waals surface area (Å²) in [7, 11) is 0. The molecule has 0 atom stereocenters. The topological polar surface area (TPSA) is 50.2 Å². The van der Waals surface area contributed by atoms with Crippen LogP contribution in [0.5, 0.6) is 0 Å². The van der Waals surface area contributed by atoms with E-state index in [9.17, 15) is 4.79 Å². The normalized spacial score (nSPS) is 11.2. The first kappa shape index (κ1) is 11.0. The fourth-order valence-electron chi connectivity index (χ4n) is 2.53. The molecule has 20 heavy (non-hydrogen) atoms. The molecule has 0 amide bonds. The van der Waals surface area contributed by atoms with Crippen LogP contribution in [0, 0.1) is 0 Å². The average Bonchev–Trinajstić information content (AvgIpc) is 2.94. The molecule has 0 saturated heterocycles. The summed E-state index contributed by atoms with van der Waals surface area (Å²) in [5, 5.41) is 0. The minimum Gasteiger partial charge on any atom is -0.319 e. The van der Waals surface area contributed by atoms with Gasteiger partial charge in [-0.15, -0.1) is 0 Å². The molecule has 0 saturated carbocycles. The monoisotopic (exact) mass is 261 g/mol. The van der Waals surface area contributed by atoms with Crippen molar-refractivity contribution in [2.24, 2.45) is 0 Å². The van der Waals surface area contributed by atoms with Crippen molar-refractivity contribution in [3.63, 3.8) is 0 Å². The number of hydrogen-bond donors (Lipinski definition) is 1. The van der Waals surface area contributed by atoms with Crippen LogP contribution in [0.1, 0.15) is 0 Å². The predicted molar refractivity (Wildman–Crippen MR) is 78.8 cm³/mol. The fourth-order valence-corrected chi connectivity index (χ4v) is 2.53. The van der Waals surface area contributed by atoms with E-state index in [1.165, 1.54) is 0 Å². The largest absolute Gasteiger partial charge is 0.319 e. The number of rotatable bonds is 1. The first-order valence-electron chi connectivity index (χ1n) is 6.38. The summed E-state index contributed by atoms with van der Waals surface area (Å²) >= 11 is 0. The Kier molecular flexibility index (Phi) is 2.23. The third-order valence-electron chi connectivity index (χ3n) is 3.44. The maximum atomic E-state index is 12.3. The molecule has 2 aromatic heterocycles. The Labute approximate surface area is 114 Å². The van der Waals surface area contributed by atoms with Gasteiger partial charge in [0.05, 0.1) is 11.0 Å². The molecule has 0 spiro atoms. The van der Waals surface area contributed by atoms with Crippen molar-refractivity contribution in [2.75, 3.05) is 0 Å². The third kappa shape index (κ3) is 1.48. The van der Waals surface area contributed by atoms with Crippen LogP contribution in [-0.4, -0.2) is 14.4 Å². The average molecular weight is 261 g/mol. The van der Waals surface area contributed by atoms with Gasteiger partial charge in [0, 0.05) is 5.56 Å². The first-order valence-corrected chi connectivity index (χ1v) is 6.38. The molecular weight excluding hydrogens is 250 g/mol. The summed E-state index contributed by atoms with van der Waals surface area (Å²) < 4.78 is 1.84. The van der Waals surface area contributed by atoms with Gasteiger partial charge in [0.25, 0.3) is 5.56 Å². The van der Waals surface area contributed by atoms with Crippen molar-refractivity contribution in [1.82, 2.24) is 14.4 Å². The molecule has 96 valence electrons. The Morgan fingerprint density at radius 2 is 1.70 bits per heavy atom. The minimum atomic E-state index is -0.125. The van der Waals surface area contributed by atoms with Crippen LogP contribution < -0.4 is 5.56 Å². The predicted octanol–water partition coefficient (Wildman–Crippen LogP) is 2.84. The van der Waals surface area contributed by atoms with Crippen LogP contribution in [0.15, 0.2) is 65.7 Å². The van der Waals surface area contributed by atoms with Gasteiger partial charge in [0.15, 0.2) is 0 Å². The number of imidazole rings is 1. The quantitative estimate of drug-likeness (QED) is 0.573. The van der Waals surface area contributed by atoms with Gasteiger partial charge in [0.2, 0.25) is 0 Å². The van der Waals surface area contributed by atoms with Gasteiger partial charge in [0.1, 0.15) is 17.5 Å². The number of fused-ring (bicyclic) bond motifs is 3. The number of hydrogen-bond acceptors (Lipinski definition) is 2. The van der Waals surface area contributed by atoms with Crippen molar-refractivity contribution < 1.29 is 0 Å². The molecule has 0 unspecified atom stereocenters. The zero-order valence-electron chi connectivity index (χ0n) is 10.6. The number of H-pyrrole nitrogens is 1. The van der Waals surface area contributed by atoms with Gasteiger partial charge in [-0.05, 0) is 12.1 Å². The van der Waals surface area contributed by atoms with Crippen LogP contribution >= 0.6 is 0 Å². The lowest BCUT2D eigenvalue weighted by Crippen LogP contribution is -2.10. The Balaban J connectivity index is 2.16. The van der Waals surface area contributed by atoms with E-state index in [0.717, 1.165) is 16.6 Å². The highest BCUT2D eigenvalue weighted by Gasteiger charge is 2.12. The Morgan fingerprint density at radius 1 is 0.950 bits per heavy atom. The highest BCUT2D eigenvalue weighted by Crippen LogP contribution is 2.22. The van der Waals surface area contributed by atoms with Crippen LogP contribution in [0.25, 0.3) is 27.8 Å². The lowest BCUT2D eigenvalue weighted by Gasteiger charge is -2.02. The SMILES string of the molecule is O=c1[nH]c2ccccc2n2cnc(-c3ccccc3)c12. The molecule has 4 heteroatoms. The molecule has 2 aromatic carbocycles. The smallest absolute Gasteiger partial charge is 0.275 e. The van der Waals surface area contributed by atoms with Crippen LogP contribution in [-0.2, 0) is 0 Å². The van der Waals surface area contributed by atoms with Crippen molar-refractivity contribution in [2.45, 2.75) is 0 Å². The number of benzene rings is 2. The maximum Gasteiger partial charge on any atom is 0.275 e. The molecule has 0 fully saturated rings. The van der Waals surface area contributed by atoms with Gasteiger partial charge >= 0.3 is 0 Å². The van der Waals surface area contributed by atoms with E-state index >= 15 is 0 Å². The summed E-state index contributed by atoms with van der Waals surface area (Å²) in [5.41, 5.74) is 3.85. The van der Waals surface area contributed by atoms with Gasteiger partial charge < -0.3 is 4.98 Å². The molecule has 1 N–H and O–H groups in total. The van der Waals surface area contributed by atoms with Crippen molar-refractivity contribution in [3.8, 4) is 11.3 Å². The third-order valence-corrected chi connectivity index (χ3v) is 3.44. The van der Waals surface area contributed by atoms with Crippen LogP contribution in [0.4, 0.5) is 0 Å². The Morgan fingerprint density at radius 3 is 2.55 bits per heavy atom. The number of aromatic amines is 1. The van der Waals surface area contributed by atoms with Crippen molar-refractivity contribution in [1.29, 1.82) is 0 Å². The van der Waals surface area contributed by atoms with E-state index < -0.39 is 0 Å². The van der Waals surface area contributed by atoms with E-state index in [1.807, 2.05) is 59.0 Å². The maximum absolute atomic E-state index is 12.3. The first-order chi connectivity index (χ1) is 9.84. The van der Waals surface area contributed by atoms with Crippen LogP contribution in [0.2, 0.25) is 0 Å². The Bertz CT molecular complexity index is 967. The zero-order chi connectivity index (χ0) is 13.5. The van der Waals surface area contributed by atoms with Crippen molar-refractivity contribution >= 4 is 16.6 Å². The lowest BCUT2D eigenvalue weighted by molar-refractivity contribution is 1.16. The molecule has 4 rings (SSSR count). The lowest BCUT2D eigenvalue weighted by atomic mass is 10.1. The molecule has 0 bridgehead atoms. The zero-order valence-corrected chi connectivity index (χ0v) is 10.6. The van der Waals surface area contributed by atoms with E-state index in [0.29, 0.717) is 11.2 Å². The van der Waals surface area contributed by atoms with Crippen LogP contribution in [0.3, 0.4) is 0 Å². The summed E-state index contributed by atoms with van der Waals surface area (Å²) in [6.07, 6.45) is 1.70. The second-order valence-corrected chi connectivity index (χ2v) is 4.65. The fraction of sp³-hybridized carbons (Fsp3) is 0. The molecular formula is C16H11N3O. The highest BCUT2D eigenvalue weighted by molar-refractivity contribution is 5.84. The Hall–Kier alpha value is -2.88. The second-order valence-electron chi connectivity index (χ2n) is 4.65. The molecule has 4 nitrogen and oxygen atoms in total. The van der Waals surface area contributed by atoms with Crippen molar-refractivity contribution in [3.05, 3.63) is 71.3 Å². The van der Waals surface area contributed by atoms with Gasteiger partial charge in [-0.1, -0.05) is 42.5 Å². The van der Waals surface area contributed by atoms with E-state index in [1.54, 1.807) is 6.33 Å².